The molecular formula is C32H28ClNO4S. The number of fused-ring (bicyclic) bond motifs is 1. The number of hydrogen-bond acceptors (Lipinski definition) is 4. The summed E-state index contributed by atoms with van der Waals surface area (Å²) in [5.74, 6) is -0.486. The van der Waals surface area contributed by atoms with Crippen molar-refractivity contribution >= 4 is 38.3 Å². The molecule has 198 valence electrons. The molecule has 0 amide bonds. The van der Waals surface area contributed by atoms with Crippen molar-refractivity contribution in [1.29, 1.82) is 0 Å². The standard InChI is InChI=1S/C32H28ClNO4S/c1-38-31(35)20-23-12-15-27(16-13-23)39(36,37)19-18-34-22-29(28-17-14-26(33)21-30(28)34)32(24-8-4-2-5-9-24)25-10-6-3-7-11-25/h2-17,21-22,32H,18-20H2,1H3. The van der Waals surface area contributed by atoms with Gasteiger partial charge in [0.1, 0.15) is 0 Å². The highest BCUT2D eigenvalue weighted by Crippen LogP contribution is 2.38. The molecule has 0 bridgehead atoms. The predicted octanol–water partition coefficient (Wildman–Crippen LogP) is 6.66. The predicted molar refractivity (Wildman–Crippen MR) is 155 cm³/mol. The SMILES string of the molecule is COC(=O)Cc1ccc(S(=O)(=O)CCn2cc(C(c3ccccc3)c3ccccc3)c3ccc(Cl)cc32)cc1. The van der Waals surface area contributed by atoms with Crippen molar-refractivity contribution in [2.45, 2.75) is 23.8 Å². The normalized spacial score (nSPS) is 11.7. The maximum atomic E-state index is 13.3. The van der Waals surface area contributed by atoms with Crippen molar-refractivity contribution < 1.29 is 17.9 Å². The average Bonchev–Trinajstić information content (AvgIpc) is 3.30. The molecular weight excluding hydrogens is 530 g/mol. The molecule has 0 aliphatic heterocycles. The number of sulfone groups is 1. The zero-order valence-electron chi connectivity index (χ0n) is 21.5. The Hall–Kier alpha value is -3.87. The fourth-order valence-electron chi connectivity index (χ4n) is 4.94. The Labute approximate surface area is 233 Å². The van der Waals surface area contributed by atoms with Crippen molar-refractivity contribution in [3.8, 4) is 0 Å². The van der Waals surface area contributed by atoms with Crippen LogP contribution in [-0.4, -0.2) is 31.8 Å². The maximum absolute atomic E-state index is 13.3. The van der Waals surface area contributed by atoms with Crippen molar-refractivity contribution in [2.24, 2.45) is 0 Å². The lowest BCUT2D eigenvalue weighted by molar-refractivity contribution is -0.139. The molecule has 0 atom stereocenters. The molecule has 0 saturated heterocycles. The topological polar surface area (TPSA) is 65.4 Å². The summed E-state index contributed by atoms with van der Waals surface area (Å²) in [5.41, 5.74) is 4.97. The van der Waals surface area contributed by atoms with E-state index in [9.17, 15) is 13.2 Å². The average molecular weight is 558 g/mol. The van der Waals surface area contributed by atoms with Gasteiger partial charge in [-0.05, 0) is 46.5 Å². The number of carbonyl (C=O) groups excluding carboxylic acids is 1. The number of carbonyl (C=O) groups is 1. The number of ether oxygens (including phenoxy) is 1. The highest BCUT2D eigenvalue weighted by atomic mass is 35.5. The van der Waals surface area contributed by atoms with Gasteiger partial charge < -0.3 is 9.30 Å². The Morgan fingerprint density at radius 2 is 1.49 bits per heavy atom. The van der Waals surface area contributed by atoms with Crippen LogP contribution in [0.25, 0.3) is 10.9 Å². The number of nitrogens with zero attached hydrogens (tertiary/aromatic N) is 1. The first-order chi connectivity index (χ1) is 18.9. The van der Waals surface area contributed by atoms with E-state index in [-0.39, 0.29) is 35.5 Å². The highest BCUT2D eigenvalue weighted by Gasteiger charge is 2.23. The fraction of sp³-hybridized carbons (Fsp3) is 0.156. The molecule has 5 aromatic rings. The minimum Gasteiger partial charge on any atom is -0.469 e. The third-order valence-corrected chi connectivity index (χ3v) is 8.86. The van der Waals surface area contributed by atoms with Crippen LogP contribution in [0, 0.1) is 0 Å². The lowest BCUT2D eigenvalue weighted by Crippen LogP contribution is -2.13. The number of hydrogen-bond donors (Lipinski definition) is 0. The van der Waals surface area contributed by atoms with Crippen LogP contribution < -0.4 is 0 Å². The molecule has 0 unspecified atom stereocenters. The van der Waals surface area contributed by atoms with Gasteiger partial charge in [-0.1, -0.05) is 90.5 Å². The summed E-state index contributed by atoms with van der Waals surface area (Å²) in [7, 11) is -2.25. The van der Waals surface area contributed by atoms with Gasteiger partial charge >= 0.3 is 5.97 Å². The Bertz CT molecular complexity index is 1660. The number of methoxy groups -OCH3 is 1. The zero-order chi connectivity index (χ0) is 27.4. The highest BCUT2D eigenvalue weighted by molar-refractivity contribution is 7.91. The van der Waals surface area contributed by atoms with Crippen molar-refractivity contribution in [1.82, 2.24) is 4.57 Å². The van der Waals surface area contributed by atoms with Gasteiger partial charge in [0.15, 0.2) is 9.84 Å². The molecule has 1 aromatic heterocycles. The van der Waals surface area contributed by atoms with Crippen LogP contribution >= 0.6 is 11.6 Å². The largest absolute Gasteiger partial charge is 0.469 e. The van der Waals surface area contributed by atoms with Gasteiger partial charge in [-0.3, -0.25) is 4.79 Å². The fourth-order valence-corrected chi connectivity index (χ4v) is 6.33. The Kier molecular flexibility index (Phi) is 7.87. The minimum absolute atomic E-state index is 0.0312. The molecule has 0 radical (unpaired) electrons. The number of halogens is 1. The molecule has 5 rings (SSSR count). The monoisotopic (exact) mass is 557 g/mol. The summed E-state index contributed by atoms with van der Waals surface area (Å²) in [6.07, 6.45) is 2.15. The number of esters is 1. The second-order valence-electron chi connectivity index (χ2n) is 9.41. The Morgan fingerprint density at radius 1 is 0.872 bits per heavy atom. The van der Waals surface area contributed by atoms with E-state index in [4.69, 9.17) is 11.6 Å². The lowest BCUT2D eigenvalue weighted by Gasteiger charge is -2.18. The van der Waals surface area contributed by atoms with Crippen LogP contribution in [0.3, 0.4) is 0 Å². The van der Waals surface area contributed by atoms with Crippen LogP contribution in [0.15, 0.2) is 114 Å². The van der Waals surface area contributed by atoms with Gasteiger partial charge in [-0.25, -0.2) is 8.42 Å². The van der Waals surface area contributed by atoms with Crippen LogP contribution in [0.5, 0.6) is 0 Å². The van der Waals surface area contributed by atoms with Gasteiger partial charge in [-0.15, -0.1) is 0 Å². The van der Waals surface area contributed by atoms with E-state index in [0.717, 1.165) is 27.6 Å². The number of rotatable bonds is 9. The smallest absolute Gasteiger partial charge is 0.309 e. The number of aromatic nitrogens is 1. The van der Waals surface area contributed by atoms with Crippen molar-refractivity contribution in [2.75, 3.05) is 12.9 Å². The van der Waals surface area contributed by atoms with E-state index in [2.05, 4.69) is 35.2 Å². The summed E-state index contributed by atoms with van der Waals surface area (Å²) in [5, 5.41) is 1.62. The van der Waals surface area contributed by atoms with Crippen molar-refractivity contribution in [3.63, 3.8) is 0 Å². The Balaban J connectivity index is 1.49. The lowest BCUT2D eigenvalue weighted by atomic mass is 9.85. The van der Waals surface area contributed by atoms with E-state index >= 15 is 0 Å². The van der Waals surface area contributed by atoms with Gasteiger partial charge in [0.05, 0.1) is 24.2 Å². The van der Waals surface area contributed by atoms with Crippen molar-refractivity contribution in [3.05, 3.63) is 137 Å². The molecule has 0 spiro atoms. The Morgan fingerprint density at radius 3 is 2.08 bits per heavy atom. The second-order valence-corrected chi connectivity index (χ2v) is 12.0. The van der Waals surface area contributed by atoms with Gasteiger partial charge in [-0.2, -0.15) is 0 Å². The van der Waals surface area contributed by atoms with E-state index in [1.807, 2.05) is 59.2 Å². The third-order valence-electron chi connectivity index (χ3n) is 6.91. The molecule has 0 aliphatic rings. The quantitative estimate of drug-likeness (QED) is 0.190. The van der Waals surface area contributed by atoms with Crippen LogP contribution in [0.4, 0.5) is 0 Å². The summed E-state index contributed by atoms with van der Waals surface area (Å²) < 4.78 is 33.2. The van der Waals surface area contributed by atoms with Gasteiger partial charge in [0.25, 0.3) is 0 Å². The summed E-state index contributed by atoms with van der Waals surface area (Å²) in [6, 6.07) is 32.8. The first-order valence-electron chi connectivity index (χ1n) is 12.6. The second kappa shape index (κ2) is 11.5. The molecule has 0 fully saturated rings. The third kappa shape index (κ3) is 5.92. The van der Waals surface area contributed by atoms with E-state index in [1.54, 1.807) is 24.3 Å². The molecule has 0 N–H and O–H groups in total. The van der Waals surface area contributed by atoms with E-state index < -0.39 is 9.84 Å². The van der Waals surface area contributed by atoms with Crippen LogP contribution in [0.1, 0.15) is 28.2 Å². The first-order valence-corrected chi connectivity index (χ1v) is 14.7. The minimum atomic E-state index is -3.57. The molecule has 39 heavy (non-hydrogen) atoms. The molecule has 5 nitrogen and oxygen atoms in total. The van der Waals surface area contributed by atoms with E-state index in [1.165, 1.54) is 7.11 Å². The van der Waals surface area contributed by atoms with E-state index in [0.29, 0.717) is 10.6 Å². The molecule has 0 aliphatic carbocycles. The van der Waals surface area contributed by atoms with Gasteiger partial charge in [0.2, 0.25) is 0 Å². The van der Waals surface area contributed by atoms with Crippen LogP contribution in [0.2, 0.25) is 5.02 Å². The van der Waals surface area contributed by atoms with Crippen LogP contribution in [-0.2, 0) is 32.3 Å². The molecule has 4 aromatic carbocycles. The maximum Gasteiger partial charge on any atom is 0.309 e. The summed E-state index contributed by atoms with van der Waals surface area (Å²) in [4.78, 5) is 11.8. The van der Waals surface area contributed by atoms with Gasteiger partial charge in [0, 0.05) is 34.6 Å². The molecule has 7 heteroatoms. The number of benzene rings is 4. The number of aryl methyl sites for hydroxylation is 1. The first kappa shape index (κ1) is 26.7. The molecule has 0 saturated carbocycles. The zero-order valence-corrected chi connectivity index (χ0v) is 23.0. The summed E-state index contributed by atoms with van der Waals surface area (Å²) in [6.45, 7) is 0.263. The summed E-state index contributed by atoms with van der Waals surface area (Å²) >= 11 is 6.40. The molecule has 1 heterocycles.